The average Bonchev–Trinajstić information content (AvgIpc) is 2.39. The van der Waals surface area contributed by atoms with Gasteiger partial charge in [-0.2, -0.15) is 0 Å². The van der Waals surface area contributed by atoms with Gasteiger partial charge in [0.15, 0.2) is 0 Å². The SMILES string of the molecule is CC(=O)N1CCN(c2nccc(CN)c2Cl)CC1. The summed E-state index contributed by atoms with van der Waals surface area (Å²) >= 11 is 6.28. The van der Waals surface area contributed by atoms with E-state index in [1.807, 2.05) is 11.0 Å². The molecule has 0 unspecified atom stereocenters. The van der Waals surface area contributed by atoms with Crippen LogP contribution in [-0.2, 0) is 11.3 Å². The largest absolute Gasteiger partial charge is 0.352 e. The van der Waals surface area contributed by atoms with E-state index >= 15 is 0 Å². The Hall–Kier alpha value is -1.33. The average molecular weight is 269 g/mol. The number of anilines is 1. The molecule has 0 saturated carbocycles. The summed E-state index contributed by atoms with van der Waals surface area (Å²) in [5.74, 6) is 0.882. The Balaban J connectivity index is 2.12. The molecule has 0 radical (unpaired) electrons. The molecule has 0 bridgehead atoms. The van der Waals surface area contributed by atoms with Crippen molar-refractivity contribution in [3.8, 4) is 0 Å². The van der Waals surface area contributed by atoms with E-state index in [0.29, 0.717) is 24.7 Å². The Bertz CT molecular complexity index is 444. The van der Waals surface area contributed by atoms with E-state index in [9.17, 15) is 4.79 Å². The third-order valence-corrected chi connectivity index (χ3v) is 3.61. The predicted molar refractivity (Wildman–Crippen MR) is 71.6 cm³/mol. The van der Waals surface area contributed by atoms with E-state index in [4.69, 9.17) is 17.3 Å². The number of nitrogens with two attached hydrogens (primary N) is 1. The van der Waals surface area contributed by atoms with Gasteiger partial charge in [-0.25, -0.2) is 4.98 Å². The minimum atomic E-state index is 0.115. The number of hydrogen-bond acceptors (Lipinski definition) is 4. The first-order valence-corrected chi connectivity index (χ1v) is 6.35. The second-order valence-electron chi connectivity index (χ2n) is 4.30. The number of aromatic nitrogens is 1. The molecule has 0 spiro atoms. The zero-order chi connectivity index (χ0) is 13.1. The topological polar surface area (TPSA) is 62.5 Å². The Morgan fingerprint density at radius 2 is 2.11 bits per heavy atom. The van der Waals surface area contributed by atoms with Crippen molar-refractivity contribution in [2.45, 2.75) is 13.5 Å². The van der Waals surface area contributed by atoms with Gasteiger partial charge in [-0.3, -0.25) is 4.79 Å². The molecule has 2 rings (SSSR count). The number of pyridine rings is 1. The van der Waals surface area contributed by atoms with Gasteiger partial charge in [0.2, 0.25) is 5.91 Å². The van der Waals surface area contributed by atoms with Gasteiger partial charge in [0, 0.05) is 45.8 Å². The van der Waals surface area contributed by atoms with Crippen molar-refractivity contribution < 1.29 is 4.79 Å². The first-order chi connectivity index (χ1) is 8.63. The van der Waals surface area contributed by atoms with Crippen molar-refractivity contribution in [2.75, 3.05) is 31.1 Å². The minimum Gasteiger partial charge on any atom is -0.352 e. The van der Waals surface area contributed by atoms with Crippen LogP contribution in [0.4, 0.5) is 5.82 Å². The molecule has 1 fully saturated rings. The quantitative estimate of drug-likeness (QED) is 0.864. The zero-order valence-electron chi connectivity index (χ0n) is 10.4. The van der Waals surface area contributed by atoms with Gasteiger partial charge in [-0.15, -0.1) is 0 Å². The Kier molecular flexibility index (Phi) is 4.04. The molecule has 0 aliphatic carbocycles. The number of nitrogens with zero attached hydrogens (tertiary/aromatic N) is 3. The Morgan fingerprint density at radius 3 is 2.67 bits per heavy atom. The molecule has 0 atom stereocenters. The summed E-state index contributed by atoms with van der Waals surface area (Å²) in [6, 6.07) is 1.83. The second kappa shape index (κ2) is 5.54. The van der Waals surface area contributed by atoms with Gasteiger partial charge in [-0.05, 0) is 11.6 Å². The third-order valence-electron chi connectivity index (χ3n) is 3.20. The van der Waals surface area contributed by atoms with E-state index in [0.717, 1.165) is 24.5 Å². The summed E-state index contributed by atoms with van der Waals surface area (Å²) < 4.78 is 0. The molecule has 5 nitrogen and oxygen atoms in total. The maximum Gasteiger partial charge on any atom is 0.219 e. The minimum absolute atomic E-state index is 0.115. The summed E-state index contributed by atoms with van der Waals surface area (Å²) in [5, 5.41) is 0.622. The lowest BCUT2D eigenvalue weighted by molar-refractivity contribution is -0.129. The molecule has 1 aromatic heterocycles. The number of amides is 1. The van der Waals surface area contributed by atoms with E-state index in [1.165, 1.54) is 0 Å². The van der Waals surface area contributed by atoms with Gasteiger partial charge in [0.25, 0.3) is 0 Å². The molecule has 1 aliphatic heterocycles. The number of carbonyl (C=O) groups is 1. The number of hydrogen-bond donors (Lipinski definition) is 1. The standard InChI is InChI=1S/C12H17ClN4O/c1-9(18)16-4-6-17(7-5-16)12-11(13)10(8-14)2-3-15-12/h2-3H,4-8,14H2,1H3. The van der Waals surface area contributed by atoms with Gasteiger partial charge in [-0.1, -0.05) is 11.6 Å². The van der Waals surface area contributed by atoms with Gasteiger partial charge in [0.1, 0.15) is 5.82 Å². The molecule has 1 saturated heterocycles. The highest BCUT2D eigenvalue weighted by molar-refractivity contribution is 6.33. The fourth-order valence-corrected chi connectivity index (χ4v) is 2.39. The lowest BCUT2D eigenvalue weighted by Crippen LogP contribution is -2.48. The summed E-state index contributed by atoms with van der Waals surface area (Å²) in [7, 11) is 0. The number of piperazine rings is 1. The molecule has 1 aromatic rings. The van der Waals surface area contributed by atoms with Gasteiger partial charge < -0.3 is 15.5 Å². The molecular weight excluding hydrogens is 252 g/mol. The summed E-state index contributed by atoms with van der Waals surface area (Å²) in [6.45, 7) is 4.92. The van der Waals surface area contributed by atoms with Crippen molar-refractivity contribution in [1.82, 2.24) is 9.88 Å². The maximum atomic E-state index is 11.3. The fourth-order valence-electron chi connectivity index (χ4n) is 2.08. The van der Waals surface area contributed by atoms with Crippen molar-refractivity contribution in [2.24, 2.45) is 5.73 Å². The monoisotopic (exact) mass is 268 g/mol. The summed E-state index contributed by atoms with van der Waals surface area (Å²) in [5.41, 5.74) is 6.53. The van der Waals surface area contributed by atoms with Crippen molar-refractivity contribution >= 4 is 23.3 Å². The van der Waals surface area contributed by atoms with Crippen LogP contribution in [0.25, 0.3) is 0 Å². The van der Waals surface area contributed by atoms with Crippen molar-refractivity contribution in [1.29, 1.82) is 0 Å². The van der Waals surface area contributed by atoms with Crippen LogP contribution in [0.1, 0.15) is 12.5 Å². The molecule has 0 aromatic carbocycles. The number of rotatable bonds is 2. The molecule has 1 aliphatic rings. The summed E-state index contributed by atoms with van der Waals surface area (Å²) in [6.07, 6.45) is 1.72. The van der Waals surface area contributed by atoms with Crippen LogP contribution in [0.3, 0.4) is 0 Å². The highest BCUT2D eigenvalue weighted by atomic mass is 35.5. The highest BCUT2D eigenvalue weighted by Crippen LogP contribution is 2.27. The Labute approximate surface area is 112 Å². The predicted octanol–water partition coefficient (Wildman–Crippen LogP) is 0.862. The summed E-state index contributed by atoms with van der Waals surface area (Å²) in [4.78, 5) is 19.5. The second-order valence-corrected chi connectivity index (χ2v) is 4.68. The van der Waals surface area contributed by atoms with Gasteiger partial charge in [0.05, 0.1) is 5.02 Å². The van der Waals surface area contributed by atoms with E-state index in [-0.39, 0.29) is 5.91 Å². The van der Waals surface area contributed by atoms with Crippen LogP contribution in [0.2, 0.25) is 5.02 Å². The van der Waals surface area contributed by atoms with Crippen molar-refractivity contribution in [3.63, 3.8) is 0 Å². The Morgan fingerprint density at radius 1 is 1.44 bits per heavy atom. The normalized spacial score (nSPS) is 15.9. The highest BCUT2D eigenvalue weighted by Gasteiger charge is 2.21. The fraction of sp³-hybridized carbons (Fsp3) is 0.500. The number of carbonyl (C=O) groups excluding carboxylic acids is 1. The van der Waals surface area contributed by atoms with E-state index in [2.05, 4.69) is 9.88 Å². The molecule has 18 heavy (non-hydrogen) atoms. The lowest BCUT2D eigenvalue weighted by atomic mass is 10.2. The molecule has 1 amide bonds. The molecule has 2 heterocycles. The van der Waals surface area contributed by atoms with Crippen LogP contribution < -0.4 is 10.6 Å². The smallest absolute Gasteiger partial charge is 0.219 e. The lowest BCUT2D eigenvalue weighted by Gasteiger charge is -2.35. The van der Waals surface area contributed by atoms with Crippen LogP contribution in [0.5, 0.6) is 0 Å². The first kappa shape index (κ1) is 13.1. The molecular formula is C12H17ClN4O. The number of halogens is 1. The third kappa shape index (κ3) is 2.57. The molecule has 6 heteroatoms. The first-order valence-electron chi connectivity index (χ1n) is 5.97. The van der Waals surface area contributed by atoms with Crippen LogP contribution in [0, 0.1) is 0 Å². The van der Waals surface area contributed by atoms with E-state index in [1.54, 1.807) is 13.1 Å². The van der Waals surface area contributed by atoms with Gasteiger partial charge >= 0.3 is 0 Å². The molecule has 2 N–H and O–H groups in total. The van der Waals surface area contributed by atoms with Crippen LogP contribution in [-0.4, -0.2) is 42.0 Å². The van der Waals surface area contributed by atoms with Crippen LogP contribution >= 0.6 is 11.6 Å². The van der Waals surface area contributed by atoms with Crippen molar-refractivity contribution in [3.05, 3.63) is 22.8 Å². The van der Waals surface area contributed by atoms with Crippen LogP contribution in [0.15, 0.2) is 12.3 Å². The maximum absolute atomic E-state index is 11.3. The zero-order valence-corrected chi connectivity index (χ0v) is 11.2. The van der Waals surface area contributed by atoms with E-state index < -0.39 is 0 Å². The molecule has 98 valence electrons.